The molecule has 0 saturated heterocycles. The minimum atomic E-state index is -4.73. The van der Waals surface area contributed by atoms with Crippen LogP contribution in [0.1, 0.15) is 11.5 Å². The fourth-order valence-corrected chi connectivity index (χ4v) is 1.37. The number of rotatable bonds is 1. The second kappa shape index (κ2) is 4.73. The van der Waals surface area contributed by atoms with Crippen molar-refractivity contribution < 1.29 is 26.3 Å². The van der Waals surface area contributed by atoms with Gasteiger partial charge in [0.1, 0.15) is 5.69 Å². The minimum absolute atomic E-state index is 0.0332. The summed E-state index contributed by atoms with van der Waals surface area (Å²) in [6.07, 6.45) is -7.65. The first-order chi connectivity index (χ1) is 9.18. The lowest BCUT2D eigenvalue weighted by Gasteiger charge is -2.08. The van der Waals surface area contributed by atoms with Crippen LogP contribution in [-0.2, 0) is 12.4 Å². The third kappa shape index (κ3) is 3.03. The lowest BCUT2D eigenvalue weighted by atomic mass is 10.2. The topological polar surface area (TPSA) is 38.7 Å². The van der Waals surface area contributed by atoms with Gasteiger partial charge in [0.2, 0.25) is 5.82 Å². The fraction of sp³-hybridized carbons (Fsp3) is 0.182. The van der Waals surface area contributed by atoms with Crippen LogP contribution in [0.2, 0.25) is 0 Å². The van der Waals surface area contributed by atoms with Crippen LogP contribution in [0.3, 0.4) is 0 Å². The molecule has 0 radical (unpaired) electrons. The predicted molar refractivity (Wildman–Crippen MR) is 55.3 cm³/mol. The van der Waals surface area contributed by atoms with E-state index in [-0.39, 0.29) is 11.3 Å². The fourth-order valence-electron chi connectivity index (χ4n) is 1.37. The zero-order valence-electron chi connectivity index (χ0n) is 9.50. The van der Waals surface area contributed by atoms with Crippen molar-refractivity contribution in [3.05, 3.63) is 42.1 Å². The lowest BCUT2D eigenvalue weighted by Crippen LogP contribution is -2.11. The van der Waals surface area contributed by atoms with E-state index >= 15 is 0 Å². The zero-order valence-corrected chi connectivity index (χ0v) is 9.50. The summed E-state index contributed by atoms with van der Waals surface area (Å²) in [5, 5.41) is 0. The van der Waals surface area contributed by atoms with Crippen LogP contribution in [0.5, 0.6) is 0 Å². The molecule has 106 valence electrons. The maximum Gasteiger partial charge on any atom is 0.451 e. The number of nitrogens with zero attached hydrogens (tertiary/aromatic N) is 3. The molecule has 0 unspecified atom stereocenters. The van der Waals surface area contributed by atoms with Crippen molar-refractivity contribution in [3.8, 4) is 11.3 Å². The third-order valence-corrected chi connectivity index (χ3v) is 2.26. The Hall–Kier alpha value is -2.19. The molecule has 0 fully saturated rings. The Labute approximate surface area is 108 Å². The number of alkyl halides is 6. The van der Waals surface area contributed by atoms with E-state index in [0.717, 1.165) is 24.5 Å². The second-order valence-corrected chi connectivity index (χ2v) is 3.69. The van der Waals surface area contributed by atoms with Crippen molar-refractivity contribution in [2.45, 2.75) is 12.4 Å². The summed E-state index contributed by atoms with van der Waals surface area (Å²) in [5.74, 6) is -1.37. The summed E-state index contributed by atoms with van der Waals surface area (Å²) in [7, 11) is 0. The quantitative estimate of drug-likeness (QED) is 0.754. The lowest BCUT2D eigenvalue weighted by molar-refractivity contribution is -0.145. The molecule has 2 aromatic heterocycles. The predicted octanol–water partition coefficient (Wildman–Crippen LogP) is 3.58. The maximum atomic E-state index is 12.4. The van der Waals surface area contributed by atoms with Crippen LogP contribution in [0, 0.1) is 0 Å². The average molecular weight is 293 g/mol. The van der Waals surface area contributed by atoms with Gasteiger partial charge in [0.25, 0.3) is 0 Å². The average Bonchev–Trinajstić information content (AvgIpc) is 2.37. The van der Waals surface area contributed by atoms with Crippen molar-refractivity contribution in [2.24, 2.45) is 0 Å². The Kier molecular flexibility index (Phi) is 3.36. The van der Waals surface area contributed by atoms with E-state index in [0.29, 0.717) is 6.07 Å². The van der Waals surface area contributed by atoms with E-state index in [4.69, 9.17) is 0 Å². The molecule has 0 N–H and O–H groups in total. The molecule has 9 heteroatoms. The Morgan fingerprint density at radius 1 is 0.800 bits per heavy atom. The molecular weight excluding hydrogens is 288 g/mol. The number of halogens is 6. The summed E-state index contributed by atoms with van der Waals surface area (Å²) in [6.45, 7) is 0. The number of hydrogen-bond donors (Lipinski definition) is 0. The number of pyridine rings is 1. The number of hydrogen-bond acceptors (Lipinski definition) is 3. The summed E-state index contributed by atoms with van der Waals surface area (Å²) in [4.78, 5) is 9.46. The molecule has 0 aliphatic heterocycles. The van der Waals surface area contributed by atoms with Gasteiger partial charge in [0, 0.05) is 18.0 Å². The van der Waals surface area contributed by atoms with Crippen LogP contribution < -0.4 is 0 Å². The minimum Gasteiger partial charge on any atom is -0.251 e. The summed E-state index contributed by atoms with van der Waals surface area (Å²) in [5.41, 5.74) is -1.26. The van der Waals surface area contributed by atoms with Crippen molar-refractivity contribution in [1.29, 1.82) is 0 Å². The van der Waals surface area contributed by atoms with Gasteiger partial charge in [-0.3, -0.25) is 4.98 Å². The molecule has 0 atom stereocenters. The van der Waals surface area contributed by atoms with E-state index < -0.39 is 23.9 Å². The largest absolute Gasteiger partial charge is 0.451 e. The van der Waals surface area contributed by atoms with Gasteiger partial charge in [0.05, 0.1) is 5.69 Å². The summed E-state index contributed by atoms with van der Waals surface area (Å²) < 4.78 is 74.2. The first kappa shape index (κ1) is 14.2. The molecule has 0 saturated carbocycles. The van der Waals surface area contributed by atoms with Crippen LogP contribution in [0.25, 0.3) is 11.3 Å². The van der Waals surface area contributed by atoms with Gasteiger partial charge in [-0.05, 0) is 18.2 Å². The van der Waals surface area contributed by atoms with Gasteiger partial charge < -0.3 is 0 Å². The van der Waals surface area contributed by atoms with Gasteiger partial charge in [-0.2, -0.15) is 26.3 Å². The van der Waals surface area contributed by atoms with Crippen LogP contribution >= 0.6 is 0 Å². The van der Waals surface area contributed by atoms with Crippen LogP contribution in [0.15, 0.2) is 30.6 Å². The Bertz CT molecular complexity index is 603. The van der Waals surface area contributed by atoms with Crippen molar-refractivity contribution in [3.63, 3.8) is 0 Å². The normalized spacial score (nSPS) is 12.5. The van der Waals surface area contributed by atoms with Crippen molar-refractivity contribution in [2.75, 3.05) is 0 Å². The monoisotopic (exact) mass is 293 g/mol. The molecule has 2 heterocycles. The van der Waals surface area contributed by atoms with Gasteiger partial charge in [-0.1, -0.05) is 0 Å². The molecule has 0 bridgehead atoms. The SMILES string of the molecule is FC(F)(F)c1ccc(-c2ccnc(C(F)(F)F)n2)cn1. The first-order valence-corrected chi connectivity index (χ1v) is 5.12. The highest BCUT2D eigenvalue weighted by atomic mass is 19.4. The first-order valence-electron chi connectivity index (χ1n) is 5.12. The maximum absolute atomic E-state index is 12.4. The van der Waals surface area contributed by atoms with Gasteiger partial charge >= 0.3 is 12.4 Å². The molecule has 0 spiro atoms. The molecule has 0 aliphatic rings. The van der Waals surface area contributed by atoms with E-state index in [1.807, 2.05) is 0 Å². The highest BCUT2D eigenvalue weighted by molar-refractivity contribution is 5.57. The molecule has 2 aromatic rings. The molecule has 3 nitrogen and oxygen atoms in total. The van der Waals surface area contributed by atoms with Gasteiger partial charge in [0.15, 0.2) is 0 Å². The Balaban J connectivity index is 2.38. The highest BCUT2D eigenvalue weighted by Crippen LogP contribution is 2.30. The van der Waals surface area contributed by atoms with Gasteiger partial charge in [-0.25, -0.2) is 9.97 Å². The molecule has 0 aromatic carbocycles. The second-order valence-electron chi connectivity index (χ2n) is 3.69. The Morgan fingerprint density at radius 2 is 1.50 bits per heavy atom. The number of aromatic nitrogens is 3. The molecule has 0 amide bonds. The summed E-state index contributed by atoms with van der Waals surface area (Å²) in [6, 6.07) is 2.82. The van der Waals surface area contributed by atoms with E-state index in [1.165, 1.54) is 0 Å². The molecule has 0 aliphatic carbocycles. The third-order valence-electron chi connectivity index (χ3n) is 2.26. The van der Waals surface area contributed by atoms with Crippen LogP contribution in [-0.4, -0.2) is 15.0 Å². The zero-order chi connectivity index (χ0) is 15.0. The van der Waals surface area contributed by atoms with E-state index in [9.17, 15) is 26.3 Å². The van der Waals surface area contributed by atoms with E-state index in [1.54, 1.807) is 0 Å². The molecule has 20 heavy (non-hydrogen) atoms. The highest BCUT2D eigenvalue weighted by Gasteiger charge is 2.35. The molecular formula is C11H5F6N3. The Morgan fingerprint density at radius 3 is 2.00 bits per heavy atom. The van der Waals surface area contributed by atoms with Gasteiger partial charge in [-0.15, -0.1) is 0 Å². The van der Waals surface area contributed by atoms with Crippen LogP contribution in [0.4, 0.5) is 26.3 Å². The smallest absolute Gasteiger partial charge is 0.251 e. The van der Waals surface area contributed by atoms with Crippen molar-refractivity contribution >= 4 is 0 Å². The summed E-state index contributed by atoms with van der Waals surface area (Å²) >= 11 is 0. The molecule has 2 rings (SSSR count). The standard InChI is InChI=1S/C11H5F6N3/c12-10(13,14)8-2-1-6(5-19-8)7-3-4-18-9(20-7)11(15,16)17/h1-5H. The van der Waals surface area contributed by atoms with E-state index in [2.05, 4.69) is 15.0 Å². The van der Waals surface area contributed by atoms with Crippen molar-refractivity contribution in [1.82, 2.24) is 15.0 Å².